The fraction of sp³-hybridized carbons (Fsp3) is 0.680. The van der Waals surface area contributed by atoms with Crippen LogP contribution < -0.4 is 0 Å². The van der Waals surface area contributed by atoms with E-state index in [0.717, 1.165) is 0 Å². The van der Waals surface area contributed by atoms with E-state index in [1.54, 1.807) is 0 Å². The van der Waals surface area contributed by atoms with E-state index >= 15 is 0 Å². The van der Waals surface area contributed by atoms with E-state index in [4.69, 9.17) is 0 Å². The van der Waals surface area contributed by atoms with Crippen molar-refractivity contribution in [3.8, 4) is 0 Å². The molecule has 0 aromatic rings. The molecule has 9 atom stereocenters. The molecule has 2 saturated carbocycles. The average molecular weight is 341 g/mol. The third kappa shape index (κ3) is 3.34. The highest BCUT2D eigenvalue weighted by molar-refractivity contribution is 5.23. The van der Waals surface area contributed by atoms with Gasteiger partial charge >= 0.3 is 0 Å². The summed E-state index contributed by atoms with van der Waals surface area (Å²) in [6, 6.07) is 0. The lowest BCUT2D eigenvalue weighted by molar-refractivity contribution is -0.0631. The fourth-order valence-corrected chi connectivity index (χ4v) is 6.80. The highest BCUT2D eigenvalue weighted by Gasteiger charge is 2.55. The lowest BCUT2D eigenvalue weighted by Gasteiger charge is -2.60. The van der Waals surface area contributed by atoms with Crippen LogP contribution in [0.15, 0.2) is 48.6 Å². The smallest absolute Gasteiger partial charge is 0.0143 e. The van der Waals surface area contributed by atoms with Crippen LogP contribution in [-0.4, -0.2) is 0 Å². The summed E-state index contributed by atoms with van der Waals surface area (Å²) in [6.45, 7) is 34.0. The molecule has 0 N–H and O–H groups in total. The van der Waals surface area contributed by atoms with Crippen molar-refractivity contribution in [3.63, 3.8) is 0 Å². The first-order valence-corrected chi connectivity index (χ1v) is 10.1. The van der Waals surface area contributed by atoms with Gasteiger partial charge in [0.15, 0.2) is 0 Å². The molecule has 140 valence electrons. The summed E-state index contributed by atoms with van der Waals surface area (Å²) >= 11 is 0. The van der Waals surface area contributed by atoms with Crippen molar-refractivity contribution in [3.05, 3.63) is 48.6 Å². The molecule has 25 heavy (non-hydrogen) atoms. The molecule has 0 radical (unpaired) electrons. The Balaban J connectivity index is 2.68. The largest absolute Gasteiger partial charge is 0.0998 e. The highest BCUT2D eigenvalue weighted by atomic mass is 14.6. The van der Waals surface area contributed by atoms with Crippen LogP contribution in [0.2, 0.25) is 0 Å². The number of rotatable bonds is 4. The van der Waals surface area contributed by atoms with E-state index in [1.165, 1.54) is 28.7 Å². The first-order chi connectivity index (χ1) is 11.5. The molecule has 0 nitrogen and oxygen atoms in total. The van der Waals surface area contributed by atoms with Crippen molar-refractivity contribution in [2.75, 3.05) is 0 Å². The molecular weight excluding hydrogens is 300 g/mol. The van der Waals surface area contributed by atoms with E-state index in [9.17, 15) is 0 Å². The summed E-state index contributed by atoms with van der Waals surface area (Å²) in [5, 5.41) is 0. The topological polar surface area (TPSA) is 0 Å². The molecule has 0 spiro atoms. The Bertz CT molecular complexity index is 577. The molecule has 2 rings (SSSR count). The maximum absolute atomic E-state index is 4.44. The molecule has 0 heteroatoms. The van der Waals surface area contributed by atoms with Crippen LogP contribution in [0, 0.1) is 53.3 Å². The summed E-state index contributed by atoms with van der Waals surface area (Å²) < 4.78 is 0. The zero-order chi connectivity index (χ0) is 19.2. The van der Waals surface area contributed by atoms with Gasteiger partial charge in [-0.3, -0.25) is 0 Å². The molecule has 0 bridgehead atoms. The number of hydrogen-bond acceptors (Lipinski definition) is 0. The van der Waals surface area contributed by atoms with Crippen molar-refractivity contribution in [2.24, 2.45) is 53.3 Å². The molecular formula is C25H40. The van der Waals surface area contributed by atoms with E-state index in [2.05, 4.69) is 74.8 Å². The number of fused-ring (bicyclic) bond motifs is 1. The van der Waals surface area contributed by atoms with Gasteiger partial charge < -0.3 is 0 Å². The third-order valence-electron chi connectivity index (χ3n) is 7.69. The minimum Gasteiger partial charge on any atom is -0.0998 e. The van der Waals surface area contributed by atoms with E-state index in [-0.39, 0.29) is 0 Å². The molecule has 0 aromatic carbocycles. The summed E-state index contributed by atoms with van der Waals surface area (Å²) in [6.07, 6.45) is 1.24. The molecule has 2 fully saturated rings. The third-order valence-corrected chi connectivity index (χ3v) is 7.69. The molecule has 2 aliphatic carbocycles. The highest BCUT2D eigenvalue weighted by Crippen LogP contribution is 2.61. The second kappa shape index (κ2) is 7.29. The minimum absolute atomic E-state index is 0.571. The average Bonchev–Trinajstić information content (AvgIpc) is 2.46. The van der Waals surface area contributed by atoms with Gasteiger partial charge in [-0.25, -0.2) is 0 Å². The Morgan fingerprint density at radius 1 is 0.600 bits per heavy atom. The van der Waals surface area contributed by atoms with Crippen LogP contribution >= 0.6 is 0 Å². The monoisotopic (exact) mass is 340 g/mol. The summed E-state index contributed by atoms with van der Waals surface area (Å²) in [5.41, 5.74) is 5.43. The van der Waals surface area contributed by atoms with Gasteiger partial charge in [0.2, 0.25) is 0 Å². The standard InChI is InChI=1S/C25H40/c1-13(2)20-12-17(9)21(14(3)4)25-23(16(7)8)19(11)18(10)22(15(5)6)24(20)25/h17-25H,1,3,5,7,12H2,2,4,6,8-11H3. The van der Waals surface area contributed by atoms with E-state index in [1.807, 2.05) is 0 Å². The van der Waals surface area contributed by atoms with Crippen LogP contribution in [0.4, 0.5) is 0 Å². The molecule has 9 unspecified atom stereocenters. The van der Waals surface area contributed by atoms with Crippen LogP contribution in [0.1, 0.15) is 54.9 Å². The minimum atomic E-state index is 0.571. The van der Waals surface area contributed by atoms with Gasteiger partial charge in [0, 0.05) is 0 Å². The summed E-state index contributed by atoms with van der Waals surface area (Å²) in [7, 11) is 0. The van der Waals surface area contributed by atoms with Gasteiger partial charge in [0.05, 0.1) is 0 Å². The maximum Gasteiger partial charge on any atom is -0.0143 e. The molecule has 0 aliphatic heterocycles. The van der Waals surface area contributed by atoms with Gasteiger partial charge in [-0.2, -0.15) is 0 Å². The Kier molecular flexibility index (Phi) is 5.92. The first-order valence-electron chi connectivity index (χ1n) is 10.1. The first kappa shape index (κ1) is 20.3. The quantitative estimate of drug-likeness (QED) is 0.470. The van der Waals surface area contributed by atoms with Crippen molar-refractivity contribution >= 4 is 0 Å². The van der Waals surface area contributed by atoms with Crippen LogP contribution in [0.5, 0.6) is 0 Å². The zero-order valence-electron chi connectivity index (χ0n) is 17.7. The van der Waals surface area contributed by atoms with Crippen molar-refractivity contribution in [1.82, 2.24) is 0 Å². The number of hydrogen-bond donors (Lipinski definition) is 0. The molecule has 0 aromatic heterocycles. The maximum atomic E-state index is 4.44. The second-order valence-corrected chi connectivity index (χ2v) is 9.66. The Labute approximate surface area is 157 Å². The Hall–Kier alpha value is -1.04. The number of allylic oxidation sites excluding steroid dienone is 4. The van der Waals surface area contributed by atoms with Crippen LogP contribution in [-0.2, 0) is 0 Å². The SMILES string of the molecule is C=C(C)C1CC(C)C(C(=C)C)C2C(C(=C)C)C(C)C(C)C(C(=C)C)C12. The zero-order valence-corrected chi connectivity index (χ0v) is 17.7. The van der Waals surface area contributed by atoms with Gasteiger partial charge in [-0.15, -0.1) is 0 Å². The molecule has 0 amide bonds. The Morgan fingerprint density at radius 3 is 1.36 bits per heavy atom. The van der Waals surface area contributed by atoms with Gasteiger partial charge in [0.1, 0.15) is 0 Å². The van der Waals surface area contributed by atoms with Gasteiger partial charge in [-0.05, 0) is 87.4 Å². The Morgan fingerprint density at radius 2 is 1.00 bits per heavy atom. The van der Waals surface area contributed by atoms with Crippen LogP contribution in [0.25, 0.3) is 0 Å². The fourth-order valence-electron chi connectivity index (χ4n) is 6.80. The van der Waals surface area contributed by atoms with Crippen molar-refractivity contribution < 1.29 is 0 Å². The van der Waals surface area contributed by atoms with Crippen molar-refractivity contribution in [2.45, 2.75) is 54.9 Å². The molecule has 2 aliphatic rings. The van der Waals surface area contributed by atoms with E-state index in [0.29, 0.717) is 53.3 Å². The predicted molar refractivity (Wildman–Crippen MR) is 112 cm³/mol. The summed E-state index contributed by atoms with van der Waals surface area (Å²) in [5.74, 6) is 5.50. The van der Waals surface area contributed by atoms with Crippen LogP contribution in [0.3, 0.4) is 0 Å². The molecule has 0 heterocycles. The molecule has 0 saturated heterocycles. The lowest BCUT2D eigenvalue weighted by Crippen LogP contribution is -2.54. The van der Waals surface area contributed by atoms with Gasteiger partial charge in [-0.1, -0.05) is 69.4 Å². The summed E-state index contributed by atoms with van der Waals surface area (Å²) in [4.78, 5) is 0. The predicted octanol–water partition coefficient (Wildman–Crippen LogP) is 7.31. The van der Waals surface area contributed by atoms with Gasteiger partial charge in [0.25, 0.3) is 0 Å². The lowest BCUT2D eigenvalue weighted by atomic mass is 9.44. The van der Waals surface area contributed by atoms with Crippen molar-refractivity contribution in [1.29, 1.82) is 0 Å². The normalized spacial score (nSPS) is 43.9. The second-order valence-electron chi connectivity index (χ2n) is 9.66. The van der Waals surface area contributed by atoms with E-state index < -0.39 is 0 Å².